The lowest BCUT2D eigenvalue weighted by Gasteiger charge is -2.30. The average Bonchev–Trinajstić information content (AvgIpc) is 2.85. The molecule has 4 rings (SSSR count). The summed E-state index contributed by atoms with van der Waals surface area (Å²) in [6.45, 7) is 0.138. The lowest BCUT2D eigenvalue weighted by Crippen LogP contribution is -2.44. The van der Waals surface area contributed by atoms with Crippen LogP contribution in [0, 0.1) is 0 Å². The number of carbonyl (C=O) groups excluding carboxylic acids is 2. The van der Waals surface area contributed by atoms with Crippen molar-refractivity contribution in [1.29, 1.82) is 0 Å². The minimum atomic E-state index is -0.399. The number of para-hydroxylation sites is 3. The summed E-state index contributed by atoms with van der Waals surface area (Å²) in [7, 11) is 3.16. The highest BCUT2D eigenvalue weighted by Gasteiger charge is 2.31. The zero-order valence-corrected chi connectivity index (χ0v) is 18.4. The Balaban J connectivity index is 1.55. The fourth-order valence-corrected chi connectivity index (χ4v) is 3.54. The van der Waals surface area contributed by atoms with Crippen LogP contribution in [0.1, 0.15) is 11.1 Å². The molecule has 1 aliphatic rings. The van der Waals surface area contributed by atoms with Crippen molar-refractivity contribution in [2.75, 3.05) is 25.7 Å². The van der Waals surface area contributed by atoms with Crippen LogP contribution in [0.25, 0.3) is 6.08 Å². The molecule has 7 nitrogen and oxygen atoms in total. The minimum absolute atomic E-state index is 0.125. The predicted molar refractivity (Wildman–Crippen MR) is 125 cm³/mol. The molecule has 2 amide bonds. The number of amides is 2. The van der Waals surface area contributed by atoms with E-state index in [-0.39, 0.29) is 24.8 Å². The van der Waals surface area contributed by atoms with Crippen molar-refractivity contribution in [2.24, 2.45) is 0 Å². The van der Waals surface area contributed by atoms with Crippen LogP contribution >= 0.6 is 0 Å². The zero-order valence-electron chi connectivity index (χ0n) is 18.4. The molecular weight excluding hydrogens is 420 g/mol. The molecular formula is C26H24N2O5. The van der Waals surface area contributed by atoms with E-state index in [2.05, 4.69) is 5.32 Å². The molecule has 3 aromatic carbocycles. The maximum absolute atomic E-state index is 13.3. The van der Waals surface area contributed by atoms with Gasteiger partial charge in [-0.3, -0.25) is 14.5 Å². The van der Waals surface area contributed by atoms with Crippen LogP contribution < -0.4 is 24.4 Å². The minimum Gasteiger partial charge on any atom is -0.497 e. The maximum Gasteiger partial charge on any atom is 0.294 e. The molecule has 1 aliphatic heterocycles. The van der Waals surface area contributed by atoms with Crippen molar-refractivity contribution in [1.82, 2.24) is 5.32 Å². The number of anilines is 1. The summed E-state index contributed by atoms with van der Waals surface area (Å²) >= 11 is 0. The normalized spacial score (nSPS) is 13.8. The number of hydrogen-bond donors (Lipinski definition) is 1. The van der Waals surface area contributed by atoms with E-state index < -0.39 is 5.91 Å². The lowest BCUT2D eigenvalue weighted by atomic mass is 10.1. The van der Waals surface area contributed by atoms with Gasteiger partial charge in [-0.2, -0.15) is 0 Å². The van der Waals surface area contributed by atoms with Gasteiger partial charge in [0.1, 0.15) is 18.0 Å². The van der Waals surface area contributed by atoms with Gasteiger partial charge in [0.05, 0.1) is 19.9 Å². The number of ether oxygens (including phenoxy) is 3. The standard InChI is InChI=1S/C26H24N2O5/c1-31-20-10-7-8-18(14-20)15-24-26(30)28(21-11-4-6-13-23(21)33-24)17-25(29)27-16-19-9-3-5-12-22(19)32-2/h3-15H,16-17H2,1-2H3,(H,27,29). The molecule has 168 valence electrons. The average molecular weight is 444 g/mol. The summed E-state index contributed by atoms with van der Waals surface area (Å²) in [5.74, 6) is 1.29. The number of benzene rings is 3. The second-order valence-electron chi connectivity index (χ2n) is 7.33. The zero-order chi connectivity index (χ0) is 23.2. The van der Waals surface area contributed by atoms with Crippen LogP contribution in [0.4, 0.5) is 5.69 Å². The first-order chi connectivity index (χ1) is 16.1. The smallest absolute Gasteiger partial charge is 0.294 e. The van der Waals surface area contributed by atoms with Gasteiger partial charge in [0, 0.05) is 12.1 Å². The van der Waals surface area contributed by atoms with Gasteiger partial charge >= 0.3 is 0 Å². The third-order valence-corrected chi connectivity index (χ3v) is 5.19. The highest BCUT2D eigenvalue weighted by atomic mass is 16.5. The summed E-state index contributed by atoms with van der Waals surface area (Å²) in [6.07, 6.45) is 1.64. The topological polar surface area (TPSA) is 77.1 Å². The van der Waals surface area contributed by atoms with Crippen molar-refractivity contribution in [2.45, 2.75) is 6.54 Å². The van der Waals surface area contributed by atoms with E-state index in [1.807, 2.05) is 48.5 Å². The van der Waals surface area contributed by atoms with Gasteiger partial charge in [-0.25, -0.2) is 0 Å². The molecule has 33 heavy (non-hydrogen) atoms. The lowest BCUT2D eigenvalue weighted by molar-refractivity contribution is -0.123. The monoisotopic (exact) mass is 444 g/mol. The molecule has 1 heterocycles. The van der Waals surface area contributed by atoms with Crippen molar-refractivity contribution < 1.29 is 23.8 Å². The number of nitrogens with one attached hydrogen (secondary N) is 1. The Morgan fingerprint density at radius 3 is 2.61 bits per heavy atom. The third-order valence-electron chi connectivity index (χ3n) is 5.19. The van der Waals surface area contributed by atoms with E-state index in [0.717, 1.165) is 11.1 Å². The molecule has 0 aromatic heterocycles. The molecule has 0 radical (unpaired) electrons. The largest absolute Gasteiger partial charge is 0.497 e. The molecule has 0 spiro atoms. The maximum atomic E-state index is 13.3. The Labute approximate surface area is 192 Å². The van der Waals surface area contributed by atoms with Crippen molar-refractivity contribution in [3.63, 3.8) is 0 Å². The Hall–Kier alpha value is -4.26. The number of methoxy groups -OCH3 is 2. The number of hydrogen-bond acceptors (Lipinski definition) is 5. The van der Waals surface area contributed by atoms with Crippen LogP contribution in [0.15, 0.2) is 78.6 Å². The molecule has 0 unspecified atom stereocenters. The van der Waals surface area contributed by atoms with E-state index in [4.69, 9.17) is 14.2 Å². The molecule has 0 bridgehead atoms. The quantitative estimate of drug-likeness (QED) is 0.561. The van der Waals surface area contributed by atoms with Gasteiger partial charge in [0.15, 0.2) is 11.5 Å². The van der Waals surface area contributed by atoms with E-state index in [9.17, 15) is 9.59 Å². The Bertz CT molecular complexity index is 1200. The molecule has 1 N–H and O–H groups in total. The Morgan fingerprint density at radius 1 is 1.00 bits per heavy atom. The predicted octanol–water partition coefficient (Wildman–Crippen LogP) is 3.79. The number of carbonyl (C=O) groups is 2. The van der Waals surface area contributed by atoms with Crippen molar-refractivity contribution >= 4 is 23.6 Å². The highest BCUT2D eigenvalue weighted by molar-refractivity contribution is 6.12. The van der Waals surface area contributed by atoms with Gasteiger partial charge in [-0.05, 0) is 42.0 Å². The van der Waals surface area contributed by atoms with Crippen LogP contribution in [-0.4, -0.2) is 32.6 Å². The van der Waals surface area contributed by atoms with Gasteiger partial charge in [0.25, 0.3) is 5.91 Å². The third kappa shape index (κ3) is 4.98. The first-order valence-electron chi connectivity index (χ1n) is 10.4. The molecule has 0 saturated carbocycles. The molecule has 0 saturated heterocycles. The van der Waals surface area contributed by atoms with Crippen LogP contribution in [-0.2, 0) is 16.1 Å². The van der Waals surface area contributed by atoms with Gasteiger partial charge in [0.2, 0.25) is 5.91 Å². The van der Waals surface area contributed by atoms with E-state index >= 15 is 0 Å². The molecule has 0 aliphatic carbocycles. The summed E-state index contributed by atoms with van der Waals surface area (Å²) in [6, 6.07) is 21.9. The second kappa shape index (κ2) is 9.91. The van der Waals surface area contributed by atoms with Crippen LogP contribution in [0.3, 0.4) is 0 Å². The van der Waals surface area contributed by atoms with E-state index in [0.29, 0.717) is 22.9 Å². The number of rotatable bonds is 7. The molecule has 7 heteroatoms. The first-order valence-corrected chi connectivity index (χ1v) is 10.4. The molecule has 0 fully saturated rings. The van der Waals surface area contributed by atoms with Crippen molar-refractivity contribution in [3.8, 4) is 17.2 Å². The van der Waals surface area contributed by atoms with Gasteiger partial charge in [-0.15, -0.1) is 0 Å². The Kier molecular flexibility index (Phi) is 6.59. The first kappa shape index (κ1) is 22.0. The van der Waals surface area contributed by atoms with Crippen molar-refractivity contribution in [3.05, 3.63) is 89.7 Å². The fraction of sp³-hybridized carbons (Fsp3) is 0.154. The molecule has 3 aromatic rings. The SMILES string of the molecule is COc1cccc(C=C2Oc3ccccc3N(CC(=O)NCc3ccccc3OC)C2=O)c1. The van der Waals surface area contributed by atoms with Crippen LogP contribution in [0.2, 0.25) is 0 Å². The fourth-order valence-electron chi connectivity index (χ4n) is 3.54. The van der Waals surface area contributed by atoms with Crippen LogP contribution in [0.5, 0.6) is 17.2 Å². The highest BCUT2D eigenvalue weighted by Crippen LogP contribution is 2.35. The van der Waals surface area contributed by atoms with E-state index in [1.165, 1.54) is 4.90 Å². The summed E-state index contributed by atoms with van der Waals surface area (Å²) in [4.78, 5) is 27.4. The Morgan fingerprint density at radius 2 is 1.79 bits per heavy atom. The summed E-state index contributed by atoms with van der Waals surface area (Å²) in [5, 5.41) is 2.86. The van der Waals surface area contributed by atoms with Gasteiger partial charge in [-0.1, -0.05) is 42.5 Å². The van der Waals surface area contributed by atoms with Gasteiger partial charge < -0.3 is 19.5 Å². The number of fused-ring (bicyclic) bond motifs is 1. The second-order valence-corrected chi connectivity index (χ2v) is 7.33. The summed E-state index contributed by atoms with van der Waals surface area (Å²) in [5.41, 5.74) is 2.14. The van der Waals surface area contributed by atoms with E-state index in [1.54, 1.807) is 44.6 Å². The molecule has 0 atom stereocenters. The summed E-state index contributed by atoms with van der Waals surface area (Å²) < 4.78 is 16.5. The number of nitrogens with zero attached hydrogens (tertiary/aromatic N) is 1.